The van der Waals surface area contributed by atoms with E-state index in [9.17, 15) is 4.79 Å². The zero-order chi connectivity index (χ0) is 15.7. The Kier molecular flexibility index (Phi) is 7.79. The number of hydrogen-bond donors (Lipinski definition) is 1. The van der Waals surface area contributed by atoms with E-state index in [4.69, 9.17) is 9.84 Å². The van der Waals surface area contributed by atoms with E-state index in [1.807, 2.05) is 0 Å². The molecule has 5 nitrogen and oxygen atoms in total. The molecule has 0 aliphatic carbocycles. The molecule has 1 N–H and O–H groups in total. The highest BCUT2D eigenvalue weighted by Gasteiger charge is 2.10. The summed E-state index contributed by atoms with van der Waals surface area (Å²) in [6.45, 7) is 6.49. The minimum Gasteiger partial charge on any atom is -0.491 e. The molecule has 118 valence electrons. The van der Waals surface area contributed by atoms with E-state index < -0.39 is 5.97 Å². The topological polar surface area (TPSA) is 53.0 Å². The van der Waals surface area contributed by atoms with Crippen molar-refractivity contribution >= 4 is 5.97 Å². The molecule has 1 aromatic carbocycles. The normalized spacial score (nSPS) is 11.1. The maximum Gasteiger partial charge on any atom is 0.339 e. The molecule has 0 heterocycles. The number of aromatic carboxylic acids is 1. The van der Waals surface area contributed by atoms with E-state index in [-0.39, 0.29) is 5.56 Å². The van der Waals surface area contributed by atoms with Crippen LogP contribution < -0.4 is 4.74 Å². The first-order chi connectivity index (χ1) is 10.0. The Morgan fingerprint density at radius 3 is 2.52 bits per heavy atom. The van der Waals surface area contributed by atoms with Gasteiger partial charge in [-0.1, -0.05) is 19.1 Å². The van der Waals surface area contributed by atoms with Crippen molar-refractivity contribution in [2.24, 2.45) is 0 Å². The second-order valence-corrected chi connectivity index (χ2v) is 5.24. The molecular weight excluding hydrogens is 268 g/mol. The van der Waals surface area contributed by atoms with Crippen LogP contribution in [-0.2, 0) is 0 Å². The predicted molar refractivity (Wildman–Crippen MR) is 84.2 cm³/mol. The van der Waals surface area contributed by atoms with Crippen molar-refractivity contribution in [3.63, 3.8) is 0 Å². The van der Waals surface area contributed by atoms with Gasteiger partial charge < -0.3 is 19.6 Å². The van der Waals surface area contributed by atoms with Gasteiger partial charge in [-0.25, -0.2) is 4.79 Å². The fraction of sp³-hybridized carbons (Fsp3) is 0.562. The molecule has 0 bridgehead atoms. The van der Waals surface area contributed by atoms with Crippen LogP contribution in [0.4, 0.5) is 0 Å². The maximum absolute atomic E-state index is 11.1. The zero-order valence-corrected chi connectivity index (χ0v) is 13.2. The van der Waals surface area contributed by atoms with Gasteiger partial charge in [-0.05, 0) is 52.3 Å². The van der Waals surface area contributed by atoms with Crippen molar-refractivity contribution in [1.29, 1.82) is 0 Å². The van der Waals surface area contributed by atoms with Gasteiger partial charge >= 0.3 is 5.97 Å². The van der Waals surface area contributed by atoms with Gasteiger partial charge in [0.15, 0.2) is 0 Å². The molecule has 0 atom stereocenters. The number of rotatable bonds is 10. The van der Waals surface area contributed by atoms with Gasteiger partial charge in [0.1, 0.15) is 17.9 Å². The van der Waals surface area contributed by atoms with Gasteiger partial charge in [0.05, 0.1) is 0 Å². The van der Waals surface area contributed by atoms with Gasteiger partial charge in [0.25, 0.3) is 0 Å². The zero-order valence-electron chi connectivity index (χ0n) is 13.2. The van der Waals surface area contributed by atoms with Gasteiger partial charge in [-0.15, -0.1) is 0 Å². The molecule has 0 spiro atoms. The summed E-state index contributed by atoms with van der Waals surface area (Å²) in [5.74, 6) is -0.515. The van der Waals surface area contributed by atoms with Crippen molar-refractivity contribution in [2.45, 2.75) is 13.3 Å². The molecule has 0 fully saturated rings. The van der Waals surface area contributed by atoms with Gasteiger partial charge in [-0.2, -0.15) is 0 Å². The standard InChI is InChI=1S/C16H26N2O3/c1-4-18(11-7-10-17(2)3)12-13-21-15-9-6-5-8-14(15)16(19)20/h5-6,8-9H,4,7,10-13H2,1-3H3,(H,19,20). The highest BCUT2D eigenvalue weighted by Crippen LogP contribution is 2.17. The van der Waals surface area contributed by atoms with Crippen LogP contribution in [0.2, 0.25) is 0 Å². The van der Waals surface area contributed by atoms with Crippen LogP contribution in [0.5, 0.6) is 5.75 Å². The molecule has 21 heavy (non-hydrogen) atoms. The third-order valence-corrected chi connectivity index (χ3v) is 3.31. The highest BCUT2D eigenvalue weighted by atomic mass is 16.5. The fourth-order valence-corrected chi connectivity index (χ4v) is 2.09. The van der Waals surface area contributed by atoms with Crippen LogP contribution in [0.1, 0.15) is 23.7 Å². The number of carboxylic acids is 1. The lowest BCUT2D eigenvalue weighted by Gasteiger charge is -2.21. The number of benzene rings is 1. The number of likely N-dealkylation sites (N-methyl/N-ethyl adjacent to an activating group) is 1. The van der Waals surface area contributed by atoms with Crippen molar-refractivity contribution in [1.82, 2.24) is 9.80 Å². The van der Waals surface area contributed by atoms with Crippen LogP contribution in [0.25, 0.3) is 0 Å². The Hall–Kier alpha value is -1.59. The maximum atomic E-state index is 11.1. The summed E-state index contributed by atoms with van der Waals surface area (Å²) >= 11 is 0. The lowest BCUT2D eigenvalue weighted by Crippen LogP contribution is -2.31. The van der Waals surface area contributed by atoms with Crippen LogP contribution in [0.3, 0.4) is 0 Å². The van der Waals surface area contributed by atoms with Crippen LogP contribution in [-0.4, -0.2) is 67.8 Å². The molecule has 0 amide bonds. The molecule has 0 aliphatic heterocycles. The molecule has 1 rings (SSSR count). The molecule has 5 heteroatoms. The summed E-state index contributed by atoms with van der Waals surface area (Å²) in [7, 11) is 4.14. The third kappa shape index (κ3) is 6.60. The summed E-state index contributed by atoms with van der Waals surface area (Å²) in [5.41, 5.74) is 0.216. The van der Waals surface area contributed by atoms with Crippen molar-refractivity contribution in [2.75, 3.05) is 46.9 Å². The minimum absolute atomic E-state index is 0.216. The second-order valence-electron chi connectivity index (χ2n) is 5.24. The third-order valence-electron chi connectivity index (χ3n) is 3.31. The molecule has 0 aromatic heterocycles. The van der Waals surface area contributed by atoms with E-state index in [1.54, 1.807) is 24.3 Å². The van der Waals surface area contributed by atoms with Crippen molar-refractivity contribution in [3.8, 4) is 5.75 Å². The summed E-state index contributed by atoms with van der Waals surface area (Å²) in [6, 6.07) is 6.75. The van der Waals surface area contributed by atoms with Crippen molar-refractivity contribution in [3.05, 3.63) is 29.8 Å². The van der Waals surface area contributed by atoms with E-state index >= 15 is 0 Å². The Labute approximate surface area is 127 Å². The van der Waals surface area contributed by atoms with Crippen molar-refractivity contribution < 1.29 is 14.6 Å². The predicted octanol–water partition coefficient (Wildman–Crippen LogP) is 2.04. The Balaban J connectivity index is 2.39. The van der Waals surface area contributed by atoms with E-state index in [0.29, 0.717) is 12.4 Å². The lowest BCUT2D eigenvalue weighted by atomic mass is 10.2. The Bertz CT molecular complexity index is 435. The van der Waals surface area contributed by atoms with E-state index in [2.05, 4.69) is 30.8 Å². The summed E-state index contributed by atoms with van der Waals surface area (Å²) in [6.07, 6.45) is 1.12. The van der Waals surface area contributed by atoms with Crippen LogP contribution >= 0.6 is 0 Å². The fourth-order valence-electron chi connectivity index (χ4n) is 2.09. The largest absolute Gasteiger partial charge is 0.491 e. The number of para-hydroxylation sites is 1. The molecule has 0 radical (unpaired) electrons. The van der Waals surface area contributed by atoms with Gasteiger partial charge in [0.2, 0.25) is 0 Å². The molecular formula is C16H26N2O3. The quantitative estimate of drug-likeness (QED) is 0.715. The molecule has 0 saturated heterocycles. The van der Waals surface area contributed by atoms with Crippen LogP contribution in [0.15, 0.2) is 24.3 Å². The summed E-state index contributed by atoms with van der Waals surface area (Å²) in [5, 5.41) is 9.09. The van der Waals surface area contributed by atoms with Gasteiger partial charge in [-0.3, -0.25) is 0 Å². The number of ether oxygens (including phenoxy) is 1. The lowest BCUT2D eigenvalue weighted by molar-refractivity contribution is 0.0691. The minimum atomic E-state index is -0.955. The number of carboxylic acid groups (broad SMARTS) is 1. The summed E-state index contributed by atoms with van der Waals surface area (Å²) in [4.78, 5) is 15.6. The van der Waals surface area contributed by atoms with Crippen LogP contribution in [0, 0.1) is 0 Å². The SMILES string of the molecule is CCN(CCCN(C)C)CCOc1ccccc1C(=O)O. The van der Waals surface area contributed by atoms with E-state index in [0.717, 1.165) is 32.6 Å². The first kappa shape index (κ1) is 17.5. The Morgan fingerprint density at radius 1 is 1.19 bits per heavy atom. The molecule has 0 unspecified atom stereocenters. The number of hydrogen-bond acceptors (Lipinski definition) is 4. The number of carbonyl (C=O) groups is 1. The average molecular weight is 294 g/mol. The first-order valence-corrected chi connectivity index (χ1v) is 7.36. The van der Waals surface area contributed by atoms with Gasteiger partial charge in [0, 0.05) is 6.54 Å². The monoisotopic (exact) mass is 294 g/mol. The average Bonchev–Trinajstić information content (AvgIpc) is 2.45. The first-order valence-electron chi connectivity index (χ1n) is 7.36. The molecule has 1 aromatic rings. The van der Waals surface area contributed by atoms with E-state index in [1.165, 1.54) is 0 Å². The molecule has 0 saturated carbocycles. The Morgan fingerprint density at radius 2 is 1.90 bits per heavy atom. The number of nitrogens with zero attached hydrogens (tertiary/aromatic N) is 2. The molecule has 0 aliphatic rings. The summed E-state index contributed by atoms with van der Waals surface area (Å²) < 4.78 is 5.63. The second kappa shape index (κ2) is 9.37. The highest BCUT2D eigenvalue weighted by molar-refractivity contribution is 5.90. The smallest absolute Gasteiger partial charge is 0.339 e.